The number of ether oxygens (including phenoxy) is 3. The van der Waals surface area contributed by atoms with Gasteiger partial charge in [0.15, 0.2) is 17.3 Å². The highest BCUT2D eigenvalue weighted by atomic mass is 79.9. The van der Waals surface area contributed by atoms with Crippen LogP contribution in [0.15, 0.2) is 82.0 Å². The van der Waals surface area contributed by atoms with Crippen molar-refractivity contribution in [2.45, 2.75) is 26.4 Å². The van der Waals surface area contributed by atoms with E-state index < -0.39 is 11.9 Å². The van der Waals surface area contributed by atoms with Crippen molar-refractivity contribution >= 4 is 33.4 Å². The summed E-state index contributed by atoms with van der Waals surface area (Å²) < 4.78 is 31.3. The number of methoxy groups -OCH3 is 1. The van der Waals surface area contributed by atoms with Crippen LogP contribution in [0.2, 0.25) is 0 Å². The molecule has 194 valence electrons. The number of hydrogen-bond donors (Lipinski definition) is 1. The lowest BCUT2D eigenvalue weighted by Crippen LogP contribution is -2.29. The fourth-order valence-electron chi connectivity index (χ4n) is 4.98. The monoisotopic (exact) mass is 577 g/mol. The zero-order valence-electron chi connectivity index (χ0n) is 21.1. The zero-order valence-corrected chi connectivity index (χ0v) is 22.6. The van der Waals surface area contributed by atoms with Crippen LogP contribution in [-0.2, 0) is 16.1 Å². The molecule has 0 unspecified atom stereocenters. The average molecular weight is 578 g/mol. The van der Waals surface area contributed by atoms with E-state index in [1.165, 1.54) is 19.2 Å². The Bertz CT molecular complexity index is 1530. The number of dihydropyridines is 1. The van der Waals surface area contributed by atoms with Gasteiger partial charge in [-0.15, -0.1) is 0 Å². The maximum atomic E-state index is 13.7. The highest BCUT2D eigenvalue weighted by molar-refractivity contribution is 9.10. The number of nitrogens with one attached hydrogen (secondary N) is 1. The number of esters is 1. The summed E-state index contributed by atoms with van der Waals surface area (Å²) >= 11 is 3.60. The number of rotatable bonds is 7. The molecule has 1 aliphatic heterocycles. The van der Waals surface area contributed by atoms with Crippen molar-refractivity contribution in [1.29, 1.82) is 0 Å². The summed E-state index contributed by atoms with van der Waals surface area (Å²) in [7, 11) is 1.32. The largest absolute Gasteiger partial charge is 0.490 e. The Hall–Kier alpha value is -3.91. The molecule has 0 aromatic heterocycles. The van der Waals surface area contributed by atoms with E-state index in [1.54, 1.807) is 31.2 Å². The predicted octanol–water partition coefficient (Wildman–Crippen LogP) is 6.31. The van der Waals surface area contributed by atoms with Gasteiger partial charge in [0.05, 0.1) is 29.5 Å². The first-order valence-corrected chi connectivity index (χ1v) is 12.9. The summed E-state index contributed by atoms with van der Waals surface area (Å²) in [6.45, 7) is 4.13. The van der Waals surface area contributed by atoms with E-state index in [2.05, 4.69) is 21.2 Å². The predicted molar refractivity (Wildman–Crippen MR) is 144 cm³/mol. The SMILES string of the molecule is CCOc1cc([C@@H]2C(C(=O)OC)=C(C)NC3=C2C(=O)c2ccccc23)cc(Br)c1OCc1cccc(F)c1. The minimum absolute atomic E-state index is 0.124. The van der Waals surface area contributed by atoms with Crippen molar-refractivity contribution < 1.29 is 28.2 Å². The normalized spacial score (nSPS) is 16.1. The van der Waals surface area contributed by atoms with Crippen LogP contribution in [0.25, 0.3) is 5.70 Å². The molecule has 0 amide bonds. The van der Waals surface area contributed by atoms with Gasteiger partial charge >= 0.3 is 5.97 Å². The van der Waals surface area contributed by atoms with Gasteiger partial charge < -0.3 is 19.5 Å². The number of carbonyl (C=O) groups excluding carboxylic acids is 2. The van der Waals surface area contributed by atoms with E-state index in [9.17, 15) is 14.0 Å². The van der Waals surface area contributed by atoms with E-state index >= 15 is 0 Å². The summed E-state index contributed by atoms with van der Waals surface area (Å²) in [5, 5.41) is 3.28. The Morgan fingerprint density at radius 3 is 2.53 bits per heavy atom. The number of hydrogen-bond acceptors (Lipinski definition) is 6. The molecule has 8 heteroatoms. The standard InChI is InChI=1S/C30H25BrFNO5/c1-4-37-23-14-18(13-22(31)29(23)38-15-17-8-7-9-19(32)12-17)25-24(30(35)36-3)16(2)33-27-20-10-5-6-11-21(20)28(34)26(25)27/h5-14,25,33H,4,15H2,1-3H3/t25-/m1/s1. The number of Topliss-reactive ketones (excluding diaryl/α,β-unsaturated/α-hetero) is 1. The molecule has 1 heterocycles. The molecule has 1 atom stereocenters. The fraction of sp³-hybridized carbons (Fsp3) is 0.200. The molecule has 0 fully saturated rings. The van der Waals surface area contributed by atoms with Crippen molar-refractivity contribution in [2.75, 3.05) is 13.7 Å². The van der Waals surface area contributed by atoms with E-state index in [1.807, 2.05) is 31.2 Å². The van der Waals surface area contributed by atoms with Crippen LogP contribution < -0.4 is 14.8 Å². The molecule has 6 nitrogen and oxygen atoms in total. The van der Waals surface area contributed by atoms with Crippen LogP contribution in [-0.4, -0.2) is 25.5 Å². The third kappa shape index (κ3) is 4.49. The summed E-state index contributed by atoms with van der Waals surface area (Å²) in [4.78, 5) is 26.7. The smallest absolute Gasteiger partial charge is 0.336 e. The number of halogens is 2. The number of fused-ring (bicyclic) bond motifs is 2. The molecule has 5 rings (SSSR count). The Morgan fingerprint density at radius 1 is 1.05 bits per heavy atom. The van der Waals surface area contributed by atoms with Crippen molar-refractivity contribution in [3.63, 3.8) is 0 Å². The zero-order chi connectivity index (χ0) is 27.0. The lowest BCUT2D eigenvalue weighted by molar-refractivity contribution is -0.136. The Kier molecular flexibility index (Phi) is 7.08. The van der Waals surface area contributed by atoms with Crippen LogP contribution in [0.1, 0.15) is 46.8 Å². The first-order valence-electron chi connectivity index (χ1n) is 12.1. The van der Waals surface area contributed by atoms with Gasteiger partial charge in [-0.2, -0.15) is 0 Å². The van der Waals surface area contributed by atoms with E-state index in [4.69, 9.17) is 14.2 Å². The van der Waals surface area contributed by atoms with Crippen molar-refractivity contribution in [3.05, 3.63) is 110 Å². The molecule has 0 saturated carbocycles. The molecule has 38 heavy (non-hydrogen) atoms. The van der Waals surface area contributed by atoms with Gasteiger partial charge in [-0.1, -0.05) is 36.4 Å². The molecule has 1 aliphatic carbocycles. The number of carbonyl (C=O) groups is 2. The lowest BCUT2D eigenvalue weighted by Gasteiger charge is -2.29. The number of allylic oxidation sites excluding steroid dienone is 2. The lowest BCUT2D eigenvalue weighted by atomic mass is 9.79. The third-order valence-corrected chi connectivity index (χ3v) is 7.18. The minimum Gasteiger partial charge on any atom is -0.490 e. The molecule has 3 aromatic rings. The van der Waals surface area contributed by atoms with Crippen LogP contribution in [0.4, 0.5) is 4.39 Å². The van der Waals surface area contributed by atoms with Gasteiger partial charge in [0.25, 0.3) is 0 Å². The van der Waals surface area contributed by atoms with Crippen LogP contribution >= 0.6 is 15.9 Å². The molecule has 0 bridgehead atoms. The second kappa shape index (κ2) is 10.5. The molecular formula is C30H25BrFNO5. The van der Waals surface area contributed by atoms with Gasteiger partial charge in [0.1, 0.15) is 12.4 Å². The second-order valence-corrected chi connectivity index (χ2v) is 9.79. The van der Waals surface area contributed by atoms with Crippen LogP contribution in [0.5, 0.6) is 11.5 Å². The fourth-order valence-corrected chi connectivity index (χ4v) is 5.56. The van der Waals surface area contributed by atoms with Gasteiger partial charge in [-0.3, -0.25) is 4.79 Å². The summed E-state index contributed by atoms with van der Waals surface area (Å²) in [5.74, 6) is -0.867. The first-order chi connectivity index (χ1) is 18.3. The molecular weight excluding hydrogens is 553 g/mol. The number of ketones is 1. The highest BCUT2D eigenvalue weighted by Gasteiger charge is 2.43. The third-order valence-electron chi connectivity index (χ3n) is 6.59. The van der Waals surface area contributed by atoms with Gasteiger partial charge in [-0.05, 0) is 65.2 Å². The molecule has 0 saturated heterocycles. The topological polar surface area (TPSA) is 73.9 Å². The van der Waals surface area contributed by atoms with Gasteiger partial charge in [0, 0.05) is 28.3 Å². The Morgan fingerprint density at radius 2 is 1.82 bits per heavy atom. The Balaban J connectivity index is 1.62. The quantitative estimate of drug-likeness (QED) is 0.332. The summed E-state index contributed by atoms with van der Waals surface area (Å²) in [6.07, 6.45) is 0. The van der Waals surface area contributed by atoms with Gasteiger partial charge in [0.2, 0.25) is 0 Å². The Labute approximate surface area is 228 Å². The van der Waals surface area contributed by atoms with Crippen molar-refractivity contribution in [1.82, 2.24) is 5.32 Å². The molecule has 0 spiro atoms. The molecule has 3 aromatic carbocycles. The summed E-state index contributed by atoms with van der Waals surface area (Å²) in [5.41, 5.74) is 4.79. The van der Waals surface area contributed by atoms with Crippen LogP contribution in [0.3, 0.4) is 0 Å². The highest BCUT2D eigenvalue weighted by Crippen LogP contribution is 2.49. The van der Waals surface area contributed by atoms with Crippen molar-refractivity contribution in [3.8, 4) is 11.5 Å². The van der Waals surface area contributed by atoms with Gasteiger partial charge in [-0.25, -0.2) is 9.18 Å². The maximum Gasteiger partial charge on any atom is 0.336 e. The second-order valence-electron chi connectivity index (χ2n) is 8.93. The maximum absolute atomic E-state index is 13.7. The average Bonchev–Trinajstić information content (AvgIpc) is 3.18. The van der Waals surface area contributed by atoms with Crippen molar-refractivity contribution in [2.24, 2.45) is 0 Å². The molecule has 2 aliphatic rings. The number of benzene rings is 3. The first kappa shape index (κ1) is 25.7. The minimum atomic E-state index is -0.702. The van der Waals surface area contributed by atoms with E-state index in [0.29, 0.717) is 61.8 Å². The van der Waals surface area contributed by atoms with E-state index in [-0.39, 0.29) is 18.2 Å². The molecule has 0 radical (unpaired) electrons. The van der Waals surface area contributed by atoms with E-state index in [0.717, 1.165) is 5.56 Å². The van der Waals surface area contributed by atoms with Crippen LogP contribution in [0, 0.1) is 5.82 Å². The molecule has 1 N–H and O–H groups in total. The summed E-state index contributed by atoms with van der Waals surface area (Å²) in [6, 6.07) is 17.1.